The first kappa shape index (κ1) is 14.1. The lowest BCUT2D eigenvalue weighted by Crippen LogP contribution is -2.24. The molecule has 0 spiro atoms. The quantitative estimate of drug-likeness (QED) is 0.771. The topological polar surface area (TPSA) is 43.8 Å². The standard InChI is InChI=1S/C15H19FIN3/c1-2-9-5-3-4-6-13(9)20-14-7-10(16)11(17)8-12(14)19-15(20)18/h7-9,13H,2-6H2,1H3,(H2,18,19). The van der Waals surface area contributed by atoms with Crippen LogP contribution in [0, 0.1) is 15.3 Å². The average molecular weight is 387 g/mol. The van der Waals surface area contributed by atoms with Gasteiger partial charge in [-0.15, -0.1) is 0 Å². The van der Waals surface area contributed by atoms with Crippen molar-refractivity contribution in [1.82, 2.24) is 9.55 Å². The Morgan fingerprint density at radius 3 is 2.90 bits per heavy atom. The van der Waals surface area contributed by atoms with Crippen molar-refractivity contribution in [2.24, 2.45) is 5.92 Å². The van der Waals surface area contributed by atoms with Gasteiger partial charge in [0.15, 0.2) is 0 Å². The van der Waals surface area contributed by atoms with E-state index in [0.717, 1.165) is 23.9 Å². The highest BCUT2D eigenvalue weighted by molar-refractivity contribution is 14.1. The molecule has 1 aromatic carbocycles. The number of benzene rings is 1. The molecule has 0 bridgehead atoms. The maximum absolute atomic E-state index is 13.9. The number of hydrogen-bond donors (Lipinski definition) is 1. The first-order valence-corrected chi connectivity index (χ1v) is 8.32. The summed E-state index contributed by atoms with van der Waals surface area (Å²) < 4.78 is 16.6. The third kappa shape index (κ3) is 2.29. The van der Waals surface area contributed by atoms with Crippen molar-refractivity contribution in [2.45, 2.75) is 45.1 Å². The Morgan fingerprint density at radius 1 is 1.40 bits per heavy atom. The van der Waals surface area contributed by atoms with Gasteiger partial charge in [0.1, 0.15) is 5.82 Å². The lowest BCUT2D eigenvalue weighted by molar-refractivity contribution is 0.239. The average Bonchev–Trinajstić information content (AvgIpc) is 2.74. The van der Waals surface area contributed by atoms with E-state index in [9.17, 15) is 4.39 Å². The minimum absolute atomic E-state index is 0.192. The number of nitrogens with zero attached hydrogens (tertiary/aromatic N) is 2. The van der Waals surface area contributed by atoms with Gasteiger partial charge in [-0.25, -0.2) is 9.37 Å². The Kier molecular flexibility index (Phi) is 3.88. The molecule has 1 heterocycles. The summed E-state index contributed by atoms with van der Waals surface area (Å²) in [6.45, 7) is 2.22. The SMILES string of the molecule is CCC1CCCCC1n1c(N)nc2cc(I)c(F)cc21. The molecule has 2 atom stereocenters. The molecule has 2 aromatic rings. The van der Waals surface area contributed by atoms with Crippen LogP contribution in [0.4, 0.5) is 10.3 Å². The Bertz CT molecular complexity index is 638. The highest BCUT2D eigenvalue weighted by Gasteiger charge is 2.28. The molecule has 5 heteroatoms. The van der Waals surface area contributed by atoms with E-state index in [1.165, 1.54) is 19.3 Å². The second-order valence-corrected chi connectivity index (χ2v) is 6.78. The largest absolute Gasteiger partial charge is 0.369 e. The van der Waals surface area contributed by atoms with Crippen LogP contribution in [0.1, 0.15) is 45.1 Å². The predicted molar refractivity (Wildman–Crippen MR) is 88.1 cm³/mol. The zero-order chi connectivity index (χ0) is 14.3. The molecule has 0 amide bonds. The zero-order valence-electron chi connectivity index (χ0n) is 11.6. The van der Waals surface area contributed by atoms with Crippen LogP contribution >= 0.6 is 22.6 Å². The van der Waals surface area contributed by atoms with Crippen molar-refractivity contribution >= 4 is 39.6 Å². The van der Waals surface area contributed by atoms with Crippen molar-refractivity contribution < 1.29 is 4.39 Å². The predicted octanol–water partition coefficient (Wildman–Crippen LogP) is 4.50. The molecule has 1 fully saturated rings. The Balaban J connectivity index is 2.14. The number of nitrogen functional groups attached to an aromatic ring is 1. The van der Waals surface area contributed by atoms with Gasteiger partial charge in [0.25, 0.3) is 0 Å². The van der Waals surface area contributed by atoms with E-state index in [0.29, 0.717) is 21.5 Å². The van der Waals surface area contributed by atoms with Gasteiger partial charge in [0.2, 0.25) is 5.95 Å². The molecule has 2 N–H and O–H groups in total. The van der Waals surface area contributed by atoms with E-state index in [1.54, 1.807) is 12.1 Å². The van der Waals surface area contributed by atoms with Crippen LogP contribution < -0.4 is 5.73 Å². The van der Waals surface area contributed by atoms with Gasteiger partial charge in [-0.05, 0) is 47.4 Å². The summed E-state index contributed by atoms with van der Waals surface area (Å²) in [4.78, 5) is 4.43. The molecule has 20 heavy (non-hydrogen) atoms. The van der Waals surface area contributed by atoms with E-state index >= 15 is 0 Å². The number of fused-ring (bicyclic) bond motifs is 1. The molecular weight excluding hydrogens is 368 g/mol. The van der Waals surface area contributed by atoms with Crippen molar-refractivity contribution in [2.75, 3.05) is 5.73 Å². The van der Waals surface area contributed by atoms with Crippen LogP contribution in [0.3, 0.4) is 0 Å². The molecule has 1 saturated carbocycles. The number of rotatable bonds is 2. The lowest BCUT2D eigenvalue weighted by atomic mass is 9.82. The van der Waals surface area contributed by atoms with Gasteiger partial charge < -0.3 is 10.3 Å². The number of halogens is 2. The summed E-state index contributed by atoms with van der Waals surface area (Å²) in [6, 6.07) is 3.72. The van der Waals surface area contributed by atoms with Gasteiger partial charge in [-0.2, -0.15) is 0 Å². The normalized spacial score (nSPS) is 23.4. The van der Waals surface area contributed by atoms with Crippen LogP contribution in [0.2, 0.25) is 0 Å². The lowest BCUT2D eigenvalue weighted by Gasteiger charge is -2.32. The van der Waals surface area contributed by atoms with Crippen LogP contribution in [0.5, 0.6) is 0 Å². The molecule has 0 aliphatic heterocycles. The Labute approximate surface area is 131 Å². The minimum Gasteiger partial charge on any atom is -0.369 e. The van der Waals surface area contributed by atoms with E-state index in [2.05, 4.69) is 16.5 Å². The third-order valence-electron chi connectivity index (χ3n) is 4.48. The second kappa shape index (κ2) is 5.50. The van der Waals surface area contributed by atoms with E-state index in [-0.39, 0.29) is 5.82 Å². The fourth-order valence-electron chi connectivity index (χ4n) is 3.46. The van der Waals surface area contributed by atoms with Crippen molar-refractivity contribution in [3.63, 3.8) is 0 Å². The summed E-state index contributed by atoms with van der Waals surface area (Å²) in [5.74, 6) is 0.945. The molecule has 3 nitrogen and oxygen atoms in total. The van der Waals surface area contributed by atoms with Crippen molar-refractivity contribution in [3.05, 3.63) is 21.5 Å². The Morgan fingerprint density at radius 2 is 2.15 bits per heavy atom. The summed E-state index contributed by atoms with van der Waals surface area (Å²) in [5, 5.41) is 0. The number of imidazole rings is 1. The summed E-state index contributed by atoms with van der Waals surface area (Å²) in [5.41, 5.74) is 7.77. The molecule has 108 valence electrons. The number of hydrogen-bond acceptors (Lipinski definition) is 2. The molecule has 1 aliphatic carbocycles. The first-order valence-electron chi connectivity index (χ1n) is 7.24. The molecule has 0 radical (unpaired) electrons. The van der Waals surface area contributed by atoms with Crippen molar-refractivity contribution in [3.8, 4) is 0 Å². The molecule has 2 unspecified atom stereocenters. The van der Waals surface area contributed by atoms with E-state index < -0.39 is 0 Å². The second-order valence-electron chi connectivity index (χ2n) is 5.62. The van der Waals surface area contributed by atoms with Gasteiger partial charge >= 0.3 is 0 Å². The number of aromatic nitrogens is 2. The third-order valence-corrected chi connectivity index (χ3v) is 5.31. The van der Waals surface area contributed by atoms with Gasteiger partial charge in [-0.3, -0.25) is 0 Å². The molecule has 3 rings (SSSR count). The monoisotopic (exact) mass is 387 g/mol. The van der Waals surface area contributed by atoms with Gasteiger partial charge in [0.05, 0.1) is 14.6 Å². The van der Waals surface area contributed by atoms with Crippen LogP contribution in [0.25, 0.3) is 11.0 Å². The fraction of sp³-hybridized carbons (Fsp3) is 0.533. The summed E-state index contributed by atoms with van der Waals surface area (Å²) in [6.07, 6.45) is 5.98. The highest BCUT2D eigenvalue weighted by Crippen LogP contribution is 2.39. The molecule has 1 aromatic heterocycles. The van der Waals surface area contributed by atoms with Crippen LogP contribution in [0.15, 0.2) is 12.1 Å². The molecule has 1 aliphatic rings. The zero-order valence-corrected chi connectivity index (χ0v) is 13.7. The Hall–Kier alpha value is -0.850. The maximum atomic E-state index is 13.9. The van der Waals surface area contributed by atoms with Gasteiger partial charge in [-0.1, -0.05) is 26.2 Å². The van der Waals surface area contributed by atoms with Crippen LogP contribution in [-0.2, 0) is 0 Å². The first-order chi connectivity index (χ1) is 9.61. The smallest absolute Gasteiger partial charge is 0.201 e. The fourth-order valence-corrected chi connectivity index (χ4v) is 3.91. The van der Waals surface area contributed by atoms with Gasteiger partial charge in [0, 0.05) is 12.1 Å². The number of nitrogens with two attached hydrogens (primary N) is 1. The summed E-state index contributed by atoms with van der Waals surface area (Å²) >= 11 is 1.99. The molecule has 0 saturated heterocycles. The van der Waals surface area contributed by atoms with E-state index in [4.69, 9.17) is 5.73 Å². The summed E-state index contributed by atoms with van der Waals surface area (Å²) in [7, 11) is 0. The van der Waals surface area contributed by atoms with Crippen LogP contribution in [-0.4, -0.2) is 9.55 Å². The van der Waals surface area contributed by atoms with E-state index in [1.807, 2.05) is 22.6 Å². The number of anilines is 1. The van der Waals surface area contributed by atoms with Crippen molar-refractivity contribution in [1.29, 1.82) is 0 Å². The highest BCUT2D eigenvalue weighted by atomic mass is 127. The minimum atomic E-state index is -0.192. The maximum Gasteiger partial charge on any atom is 0.201 e. The molecular formula is C15H19FIN3.